The third-order valence-corrected chi connectivity index (χ3v) is 3.10. The van der Waals surface area contributed by atoms with Gasteiger partial charge >= 0.3 is 11.9 Å². The molecule has 1 aromatic rings. The Kier molecular flexibility index (Phi) is 6.56. The minimum atomic E-state index is -0.375. The lowest BCUT2D eigenvalue weighted by Gasteiger charge is -2.18. The van der Waals surface area contributed by atoms with Crippen LogP contribution in [0.25, 0.3) is 0 Å². The molecule has 0 bridgehead atoms. The lowest BCUT2D eigenvalue weighted by atomic mass is 10.1. The largest absolute Gasteiger partial charge is 0.461 e. The molecule has 0 radical (unpaired) electrons. The second kappa shape index (κ2) is 7.94. The normalized spacial score (nSPS) is 12.1. The summed E-state index contributed by atoms with van der Waals surface area (Å²) in [7, 11) is 0. The van der Waals surface area contributed by atoms with Crippen molar-refractivity contribution in [1.29, 1.82) is 0 Å². The van der Waals surface area contributed by atoms with Crippen LogP contribution < -0.4 is 10.1 Å². The highest BCUT2D eigenvalue weighted by Gasteiger charge is 2.18. The van der Waals surface area contributed by atoms with Crippen LogP contribution in [-0.2, 0) is 20.9 Å². The van der Waals surface area contributed by atoms with E-state index in [1.807, 2.05) is 39.8 Å². The lowest BCUT2D eigenvalue weighted by Crippen LogP contribution is -2.40. The Morgan fingerprint density at radius 1 is 1.14 bits per heavy atom. The van der Waals surface area contributed by atoms with Gasteiger partial charge in [-0.2, -0.15) is 0 Å². The van der Waals surface area contributed by atoms with Crippen molar-refractivity contribution in [1.82, 2.24) is 5.32 Å². The van der Waals surface area contributed by atoms with Crippen LogP contribution in [0, 0.1) is 13.8 Å². The highest BCUT2D eigenvalue weighted by molar-refractivity contribution is 5.78. The smallest absolute Gasteiger partial charge is 0.328 e. The summed E-state index contributed by atoms with van der Waals surface area (Å²) < 4.78 is 10.5. The molecule has 1 N–H and O–H groups in total. The van der Waals surface area contributed by atoms with Crippen molar-refractivity contribution in [2.45, 2.75) is 60.2 Å². The molecule has 0 amide bonds. The number of rotatable bonds is 6. The summed E-state index contributed by atoms with van der Waals surface area (Å²) in [6, 6.07) is 3.55. The van der Waals surface area contributed by atoms with Crippen LogP contribution >= 0.6 is 0 Å². The van der Waals surface area contributed by atoms with Crippen molar-refractivity contribution in [3.05, 3.63) is 28.8 Å². The number of aryl methyl sites for hydroxylation is 2. The molecule has 0 saturated carbocycles. The molecule has 0 spiro atoms. The summed E-state index contributed by atoms with van der Waals surface area (Å²) in [5.74, 6) is -0.0685. The van der Waals surface area contributed by atoms with E-state index in [-0.39, 0.29) is 30.6 Å². The molecule has 0 aromatic heterocycles. The van der Waals surface area contributed by atoms with Crippen LogP contribution in [0.5, 0.6) is 5.75 Å². The third-order valence-electron chi connectivity index (χ3n) is 3.10. The number of carbonyl (C=O) groups is 2. The van der Waals surface area contributed by atoms with Crippen molar-refractivity contribution < 1.29 is 19.1 Å². The van der Waals surface area contributed by atoms with E-state index in [1.165, 1.54) is 6.92 Å². The quantitative estimate of drug-likeness (QED) is 0.646. The summed E-state index contributed by atoms with van der Waals surface area (Å²) >= 11 is 0. The molecule has 5 nitrogen and oxygen atoms in total. The van der Waals surface area contributed by atoms with Crippen LogP contribution in [0.3, 0.4) is 0 Å². The third kappa shape index (κ3) is 5.48. The Morgan fingerprint density at radius 2 is 1.68 bits per heavy atom. The number of hydrogen-bond acceptors (Lipinski definition) is 5. The fraction of sp³-hybridized carbons (Fsp3) is 0.529. The fourth-order valence-electron chi connectivity index (χ4n) is 2.23. The van der Waals surface area contributed by atoms with Crippen molar-refractivity contribution in [3.63, 3.8) is 0 Å². The van der Waals surface area contributed by atoms with E-state index in [9.17, 15) is 9.59 Å². The van der Waals surface area contributed by atoms with Crippen LogP contribution in [0.4, 0.5) is 0 Å². The van der Waals surface area contributed by atoms with Gasteiger partial charge < -0.3 is 14.8 Å². The monoisotopic (exact) mass is 307 g/mol. The molecule has 22 heavy (non-hydrogen) atoms. The number of hydrogen-bond donors (Lipinski definition) is 1. The number of benzene rings is 1. The Balaban J connectivity index is 2.83. The average Bonchev–Trinajstić information content (AvgIpc) is 2.39. The maximum atomic E-state index is 12.1. The van der Waals surface area contributed by atoms with Crippen molar-refractivity contribution in [2.24, 2.45) is 0 Å². The molecule has 0 aliphatic carbocycles. The Hall–Kier alpha value is -1.88. The Morgan fingerprint density at radius 3 is 2.14 bits per heavy atom. The van der Waals surface area contributed by atoms with Crippen molar-refractivity contribution >= 4 is 11.9 Å². The van der Waals surface area contributed by atoms with Crippen LogP contribution in [0.2, 0.25) is 0 Å². The summed E-state index contributed by atoms with van der Waals surface area (Å²) in [5.41, 5.74) is 2.55. The second-order valence-corrected chi connectivity index (χ2v) is 5.80. The molecule has 0 saturated heterocycles. The molecule has 0 fully saturated rings. The Bertz CT molecular complexity index is 529. The van der Waals surface area contributed by atoms with Gasteiger partial charge in [0.2, 0.25) is 0 Å². The van der Waals surface area contributed by atoms with E-state index in [4.69, 9.17) is 9.47 Å². The highest BCUT2D eigenvalue weighted by atomic mass is 16.5. The van der Waals surface area contributed by atoms with Gasteiger partial charge in [0.05, 0.1) is 0 Å². The van der Waals surface area contributed by atoms with Gasteiger partial charge in [-0.25, -0.2) is 4.79 Å². The van der Waals surface area contributed by atoms with E-state index in [0.717, 1.165) is 16.7 Å². The number of carbonyl (C=O) groups excluding carboxylic acids is 2. The standard InChI is InChI=1S/C17H25NO4/c1-10(2)18-13(5)17(20)22-16-11(3)7-15(8-12(16)4)9-21-14(6)19/h7-8,10,13,18H,9H2,1-6H3. The van der Waals surface area contributed by atoms with Gasteiger partial charge in [-0.3, -0.25) is 4.79 Å². The van der Waals surface area contributed by atoms with E-state index in [1.54, 1.807) is 6.92 Å². The first kappa shape index (κ1) is 18.2. The molecular formula is C17H25NO4. The minimum absolute atomic E-state index is 0.204. The molecule has 1 unspecified atom stereocenters. The molecule has 1 rings (SSSR count). The highest BCUT2D eigenvalue weighted by Crippen LogP contribution is 2.25. The average molecular weight is 307 g/mol. The molecule has 1 atom stereocenters. The van der Waals surface area contributed by atoms with Gasteiger partial charge in [0.1, 0.15) is 18.4 Å². The predicted molar refractivity (Wildman–Crippen MR) is 84.8 cm³/mol. The number of ether oxygens (including phenoxy) is 2. The van der Waals surface area contributed by atoms with Gasteiger partial charge in [-0.1, -0.05) is 13.8 Å². The first-order valence-corrected chi connectivity index (χ1v) is 7.42. The van der Waals surface area contributed by atoms with Gasteiger partial charge in [0.15, 0.2) is 0 Å². The van der Waals surface area contributed by atoms with Crippen LogP contribution in [-0.4, -0.2) is 24.0 Å². The Labute approximate surface area is 132 Å². The van der Waals surface area contributed by atoms with Crippen LogP contribution in [0.1, 0.15) is 44.4 Å². The maximum Gasteiger partial charge on any atom is 0.328 e. The summed E-state index contributed by atoms with van der Waals surface area (Å²) in [4.78, 5) is 23.0. The second-order valence-electron chi connectivity index (χ2n) is 5.80. The first-order valence-electron chi connectivity index (χ1n) is 7.42. The molecular weight excluding hydrogens is 282 g/mol. The first-order chi connectivity index (χ1) is 10.2. The zero-order valence-corrected chi connectivity index (χ0v) is 14.1. The summed E-state index contributed by atoms with van der Waals surface area (Å²) in [6.07, 6.45) is 0. The van der Waals surface area contributed by atoms with Crippen LogP contribution in [0.15, 0.2) is 12.1 Å². The van der Waals surface area contributed by atoms with Gasteiger partial charge in [0, 0.05) is 13.0 Å². The zero-order chi connectivity index (χ0) is 16.9. The van der Waals surface area contributed by atoms with Crippen molar-refractivity contribution in [2.75, 3.05) is 0 Å². The fourth-order valence-corrected chi connectivity index (χ4v) is 2.23. The molecule has 122 valence electrons. The summed E-state index contributed by atoms with van der Waals surface area (Å²) in [5, 5.41) is 3.11. The van der Waals surface area contributed by atoms with E-state index in [2.05, 4.69) is 5.32 Å². The molecule has 0 aliphatic heterocycles. The molecule has 5 heteroatoms. The number of nitrogens with one attached hydrogen (secondary N) is 1. The van der Waals surface area contributed by atoms with Gasteiger partial charge in [-0.15, -0.1) is 0 Å². The number of esters is 2. The molecule has 1 aromatic carbocycles. The predicted octanol–water partition coefficient (Wildman–Crippen LogP) is 2.66. The zero-order valence-electron chi connectivity index (χ0n) is 14.1. The topological polar surface area (TPSA) is 64.6 Å². The van der Waals surface area contributed by atoms with E-state index >= 15 is 0 Å². The molecule has 0 aliphatic rings. The van der Waals surface area contributed by atoms with Crippen molar-refractivity contribution in [3.8, 4) is 5.75 Å². The van der Waals surface area contributed by atoms with Gasteiger partial charge in [-0.05, 0) is 49.6 Å². The van der Waals surface area contributed by atoms with Gasteiger partial charge in [0.25, 0.3) is 0 Å². The van der Waals surface area contributed by atoms with E-state index < -0.39 is 0 Å². The van der Waals surface area contributed by atoms with E-state index in [0.29, 0.717) is 5.75 Å². The maximum absolute atomic E-state index is 12.1. The summed E-state index contributed by atoms with van der Waals surface area (Å²) in [6.45, 7) is 11.1. The molecule has 0 heterocycles. The minimum Gasteiger partial charge on any atom is -0.461 e. The SMILES string of the molecule is CC(=O)OCc1cc(C)c(OC(=O)C(C)NC(C)C)c(C)c1. The lowest BCUT2D eigenvalue weighted by molar-refractivity contribution is -0.142.